The van der Waals surface area contributed by atoms with Crippen LogP contribution >= 0.6 is 0 Å². The van der Waals surface area contributed by atoms with Gasteiger partial charge in [-0.2, -0.15) is 0 Å². The molecular formula is C12H25KO4S. The van der Waals surface area contributed by atoms with E-state index in [4.69, 9.17) is 0 Å². The third kappa shape index (κ3) is 10.3. The summed E-state index contributed by atoms with van der Waals surface area (Å²) in [5, 5.41) is 8.67. The molecule has 0 aromatic rings. The van der Waals surface area contributed by atoms with Gasteiger partial charge in [0.05, 0.1) is 11.4 Å². The molecule has 0 aliphatic heterocycles. The van der Waals surface area contributed by atoms with Gasteiger partial charge in [-0.05, 0) is 12.8 Å². The first-order chi connectivity index (χ1) is 7.93. The minimum atomic E-state index is -4.38. The molecule has 0 rings (SSSR count). The van der Waals surface area contributed by atoms with E-state index in [9.17, 15) is 18.1 Å². The molecule has 1 N–H and O–H groups in total. The molecule has 0 aromatic heterocycles. The van der Waals surface area contributed by atoms with Gasteiger partial charge in [0.15, 0.2) is 0 Å². The number of aliphatic hydroxyl groups excluding tert-OH is 1. The van der Waals surface area contributed by atoms with Crippen LogP contribution in [-0.4, -0.2) is 29.4 Å². The van der Waals surface area contributed by atoms with Gasteiger partial charge in [-0.3, -0.25) is 0 Å². The summed E-state index contributed by atoms with van der Waals surface area (Å²) in [5.74, 6) is 0. The van der Waals surface area contributed by atoms with Gasteiger partial charge < -0.3 is 9.66 Å². The van der Waals surface area contributed by atoms with E-state index in [1.165, 1.54) is 0 Å². The van der Waals surface area contributed by atoms with Crippen LogP contribution in [0.15, 0.2) is 0 Å². The van der Waals surface area contributed by atoms with Crippen molar-refractivity contribution in [1.82, 2.24) is 0 Å². The number of unbranched alkanes of at least 4 members (excludes halogenated alkanes) is 4. The molecule has 2 atom stereocenters. The van der Waals surface area contributed by atoms with Crippen LogP contribution in [0.1, 0.15) is 65.2 Å². The van der Waals surface area contributed by atoms with E-state index in [2.05, 4.69) is 0 Å². The summed E-state index contributed by atoms with van der Waals surface area (Å²) in [5.41, 5.74) is 0. The van der Waals surface area contributed by atoms with Crippen molar-refractivity contribution in [2.24, 2.45) is 0 Å². The van der Waals surface area contributed by atoms with Crippen molar-refractivity contribution in [3.05, 3.63) is 0 Å². The fourth-order valence-corrected chi connectivity index (χ4v) is 2.89. The number of hydrogen-bond donors (Lipinski definition) is 1. The Kier molecular flexibility index (Phi) is 14.9. The van der Waals surface area contributed by atoms with Gasteiger partial charge in [-0.1, -0.05) is 52.4 Å². The van der Waals surface area contributed by atoms with Crippen LogP contribution in [0.2, 0.25) is 0 Å². The van der Waals surface area contributed by atoms with Gasteiger partial charge in [-0.15, -0.1) is 0 Å². The molecule has 4 nitrogen and oxygen atoms in total. The van der Waals surface area contributed by atoms with Crippen LogP contribution in [0.4, 0.5) is 0 Å². The van der Waals surface area contributed by atoms with Crippen LogP contribution in [-0.2, 0) is 10.1 Å². The van der Waals surface area contributed by atoms with Crippen LogP contribution in [0.3, 0.4) is 0 Å². The topological polar surface area (TPSA) is 77.4 Å². The summed E-state index contributed by atoms with van der Waals surface area (Å²) in [6.45, 7) is 4.05. The SMILES string of the molecule is CCCCCC(O)C(CCCCC)S(=O)(=O)[O-].[K+]. The maximum Gasteiger partial charge on any atom is 1.00 e. The van der Waals surface area contributed by atoms with E-state index in [1.54, 1.807) is 0 Å². The van der Waals surface area contributed by atoms with Crippen molar-refractivity contribution in [1.29, 1.82) is 0 Å². The fourth-order valence-electron chi connectivity index (χ4n) is 1.91. The zero-order valence-corrected chi connectivity index (χ0v) is 15.8. The number of aliphatic hydroxyl groups is 1. The van der Waals surface area contributed by atoms with Gasteiger partial charge in [0, 0.05) is 0 Å². The predicted octanol–water partition coefficient (Wildman–Crippen LogP) is -0.574. The average molecular weight is 304 g/mol. The van der Waals surface area contributed by atoms with Crippen LogP contribution in [0.5, 0.6) is 0 Å². The van der Waals surface area contributed by atoms with Crippen LogP contribution in [0.25, 0.3) is 0 Å². The van der Waals surface area contributed by atoms with Crippen LogP contribution < -0.4 is 51.4 Å². The smallest absolute Gasteiger partial charge is 0.748 e. The van der Waals surface area contributed by atoms with Gasteiger partial charge in [-0.25, -0.2) is 8.42 Å². The molecule has 2 unspecified atom stereocenters. The summed E-state index contributed by atoms with van der Waals surface area (Å²) in [7, 11) is -4.38. The molecule has 0 heterocycles. The molecule has 0 spiro atoms. The first kappa shape index (κ1) is 21.8. The Labute approximate surface area is 154 Å². The summed E-state index contributed by atoms with van der Waals surface area (Å²) < 4.78 is 33.3. The second-order valence-corrected chi connectivity index (χ2v) is 6.18. The monoisotopic (exact) mass is 304 g/mol. The standard InChI is InChI=1S/C12H26O4S.K/c1-3-5-7-9-11(13)12(17(14,15)16)10-8-6-4-2;/h11-13H,3-10H2,1-2H3,(H,14,15,16);/q;+1/p-1. The van der Waals surface area contributed by atoms with E-state index in [-0.39, 0.29) is 57.8 Å². The van der Waals surface area contributed by atoms with Crippen molar-refractivity contribution in [2.45, 2.75) is 76.6 Å². The van der Waals surface area contributed by atoms with E-state index in [0.29, 0.717) is 12.8 Å². The minimum absolute atomic E-state index is 0. The normalized spacial score (nSPS) is 14.9. The maximum absolute atomic E-state index is 11.1. The molecular weight excluding hydrogens is 279 g/mol. The Bertz CT molecular complexity index is 280. The average Bonchev–Trinajstić information content (AvgIpc) is 2.23. The first-order valence-corrected chi connectivity index (χ1v) is 8.03. The van der Waals surface area contributed by atoms with Gasteiger partial charge in [0.2, 0.25) is 0 Å². The van der Waals surface area contributed by atoms with E-state index < -0.39 is 21.5 Å². The Morgan fingerprint density at radius 1 is 1.00 bits per heavy atom. The Morgan fingerprint density at radius 2 is 1.44 bits per heavy atom. The Hall–Kier alpha value is 1.51. The third-order valence-electron chi connectivity index (χ3n) is 3.00. The van der Waals surface area contributed by atoms with E-state index >= 15 is 0 Å². The molecule has 0 saturated heterocycles. The quantitative estimate of drug-likeness (QED) is 0.333. The van der Waals surface area contributed by atoms with Crippen molar-refractivity contribution < 1.29 is 69.5 Å². The van der Waals surface area contributed by atoms with Gasteiger partial charge in [0.1, 0.15) is 10.1 Å². The molecule has 0 aromatic carbocycles. The maximum atomic E-state index is 11.1. The van der Waals surface area contributed by atoms with Gasteiger partial charge in [0.25, 0.3) is 0 Å². The second-order valence-electron chi connectivity index (χ2n) is 4.59. The van der Waals surface area contributed by atoms with E-state index in [0.717, 1.165) is 32.1 Å². The molecule has 0 aliphatic rings. The van der Waals surface area contributed by atoms with Crippen molar-refractivity contribution in [2.75, 3.05) is 0 Å². The summed E-state index contributed by atoms with van der Waals surface area (Å²) in [6, 6.07) is 0. The summed E-state index contributed by atoms with van der Waals surface area (Å²) >= 11 is 0. The molecule has 104 valence electrons. The Balaban J connectivity index is 0. The fraction of sp³-hybridized carbons (Fsp3) is 1.00. The first-order valence-electron chi connectivity index (χ1n) is 6.56. The minimum Gasteiger partial charge on any atom is -0.748 e. The molecule has 0 aliphatic carbocycles. The molecule has 0 radical (unpaired) electrons. The summed E-state index contributed by atoms with van der Waals surface area (Å²) in [6.07, 6.45) is 4.99. The van der Waals surface area contributed by atoms with E-state index in [1.807, 2.05) is 13.8 Å². The van der Waals surface area contributed by atoms with Crippen molar-refractivity contribution >= 4 is 10.1 Å². The predicted molar refractivity (Wildman–Crippen MR) is 67.8 cm³/mol. The molecule has 18 heavy (non-hydrogen) atoms. The number of hydrogen-bond acceptors (Lipinski definition) is 4. The molecule has 6 heteroatoms. The van der Waals surface area contributed by atoms with Crippen molar-refractivity contribution in [3.63, 3.8) is 0 Å². The molecule has 0 saturated carbocycles. The van der Waals surface area contributed by atoms with Crippen molar-refractivity contribution in [3.8, 4) is 0 Å². The molecule has 0 bridgehead atoms. The van der Waals surface area contributed by atoms with Crippen LogP contribution in [0, 0.1) is 0 Å². The molecule has 0 amide bonds. The second kappa shape index (κ2) is 12.3. The largest absolute Gasteiger partial charge is 1.00 e. The van der Waals surface area contributed by atoms with Gasteiger partial charge >= 0.3 is 51.4 Å². The zero-order valence-electron chi connectivity index (χ0n) is 11.9. The third-order valence-corrected chi connectivity index (χ3v) is 4.29. The number of rotatable bonds is 10. The Morgan fingerprint density at radius 3 is 1.83 bits per heavy atom. The molecule has 0 fully saturated rings. The summed E-state index contributed by atoms with van der Waals surface area (Å²) in [4.78, 5) is 0. The zero-order chi connectivity index (χ0) is 13.3.